The van der Waals surface area contributed by atoms with E-state index in [1.807, 2.05) is 23.9 Å². The topological polar surface area (TPSA) is 29.8 Å². The van der Waals surface area contributed by atoms with Crippen LogP contribution in [0.15, 0.2) is 29.4 Å². The second-order valence-electron chi connectivity index (χ2n) is 7.15. The molecule has 1 spiro atoms. The predicted molar refractivity (Wildman–Crippen MR) is 87.3 cm³/mol. The third kappa shape index (κ3) is 1.89. The van der Waals surface area contributed by atoms with Crippen LogP contribution < -0.4 is 0 Å². The first-order chi connectivity index (χ1) is 11.1. The van der Waals surface area contributed by atoms with E-state index in [0.717, 1.165) is 29.6 Å². The number of piperidine rings is 3. The summed E-state index contributed by atoms with van der Waals surface area (Å²) in [5.74, 6) is 1.07. The van der Waals surface area contributed by atoms with E-state index in [0.29, 0.717) is 11.8 Å². The average Bonchev–Trinajstić information content (AvgIpc) is 3.10. The van der Waals surface area contributed by atoms with Crippen LogP contribution in [0.4, 0.5) is 4.39 Å². The fourth-order valence-electron chi connectivity index (χ4n) is 4.56. The number of aliphatic imine (C=N–C) groups is 1. The van der Waals surface area contributed by atoms with Gasteiger partial charge in [0.05, 0.1) is 12.1 Å². The summed E-state index contributed by atoms with van der Waals surface area (Å²) in [5.41, 5.74) is 1.76. The summed E-state index contributed by atoms with van der Waals surface area (Å²) < 4.78 is 22.1. The molecule has 3 saturated heterocycles. The first-order valence-electron chi connectivity index (χ1n) is 8.35. The van der Waals surface area contributed by atoms with Crippen molar-refractivity contribution < 1.29 is 9.13 Å². The van der Waals surface area contributed by atoms with Gasteiger partial charge in [-0.05, 0) is 44.1 Å². The van der Waals surface area contributed by atoms with Crippen molar-refractivity contribution in [3.63, 3.8) is 0 Å². The van der Waals surface area contributed by atoms with E-state index >= 15 is 0 Å². The Morgan fingerprint density at radius 2 is 2.13 bits per heavy atom. The summed E-state index contributed by atoms with van der Waals surface area (Å²) in [6.07, 6.45) is 4.41. The minimum atomic E-state index is -0.221. The molecular formula is C18H20FN3O. The first kappa shape index (κ1) is 13.5. The number of hydrogen-bond donors (Lipinski definition) is 0. The summed E-state index contributed by atoms with van der Waals surface area (Å²) in [5, 5.41) is 0.879. The van der Waals surface area contributed by atoms with Gasteiger partial charge in [0.2, 0.25) is 5.90 Å². The highest BCUT2D eigenvalue weighted by atomic mass is 19.1. The highest BCUT2D eigenvalue weighted by molar-refractivity contribution is 6.07. The molecule has 0 aliphatic carbocycles. The lowest BCUT2D eigenvalue weighted by Crippen LogP contribution is -2.60. The Hall–Kier alpha value is -1.88. The number of ether oxygens (including phenoxy) is 1. The Morgan fingerprint density at radius 1 is 1.30 bits per heavy atom. The molecule has 0 radical (unpaired) electrons. The number of halogens is 1. The number of fused-ring (bicyclic) bond motifs is 3. The fraction of sp³-hybridized carbons (Fsp3) is 0.500. The molecule has 1 aromatic carbocycles. The summed E-state index contributed by atoms with van der Waals surface area (Å²) >= 11 is 0. The molecule has 0 amide bonds. The van der Waals surface area contributed by atoms with Gasteiger partial charge < -0.3 is 9.30 Å². The molecule has 1 atom stereocenters. The van der Waals surface area contributed by atoms with E-state index in [1.165, 1.54) is 32.0 Å². The average molecular weight is 313 g/mol. The standard InChI is InChI=1S/C18H20FN3O/c1-21-9-15(14-8-13(19)2-3-16(14)21)17-20-10-18(23-17)11-22-6-4-12(18)5-7-22/h2-3,8-9,12H,4-7,10-11H2,1H3. The SMILES string of the molecule is Cn1cc(C2=NCC3(CN4CCC3CC4)O2)c2cc(F)ccc21. The van der Waals surface area contributed by atoms with Crippen molar-refractivity contribution in [1.29, 1.82) is 0 Å². The van der Waals surface area contributed by atoms with E-state index < -0.39 is 0 Å². The zero-order valence-electron chi connectivity index (χ0n) is 13.3. The number of benzene rings is 1. The number of rotatable bonds is 1. The molecule has 2 aromatic rings. The van der Waals surface area contributed by atoms with Crippen LogP contribution in [0.1, 0.15) is 18.4 Å². The predicted octanol–water partition coefficient (Wildman–Crippen LogP) is 2.56. The van der Waals surface area contributed by atoms with E-state index in [4.69, 9.17) is 9.73 Å². The van der Waals surface area contributed by atoms with Crippen molar-refractivity contribution in [3.05, 3.63) is 35.8 Å². The van der Waals surface area contributed by atoms with Crippen LogP contribution in [-0.2, 0) is 11.8 Å². The maximum Gasteiger partial charge on any atom is 0.219 e. The number of nitrogens with zero attached hydrogens (tertiary/aromatic N) is 3. The first-order valence-corrected chi connectivity index (χ1v) is 8.35. The van der Waals surface area contributed by atoms with Crippen molar-refractivity contribution in [1.82, 2.24) is 9.47 Å². The van der Waals surface area contributed by atoms with Crippen molar-refractivity contribution in [2.24, 2.45) is 18.0 Å². The maximum absolute atomic E-state index is 13.7. The summed E-state index contributed by atoms with van der Waals surface area (Å²) in [6, 6.07) is 4.89. The quantitative estimate of drug-likeness (QED) is 0.810. The van der Waals surface area contributed by atoms with Crippen LogP contribution in [0.5, 0.6) is 0 Å². The highest BCUT2D eigenvalue weighted by Crippen LogP contribution is 2.42. The minimum Gasteiger partial charge on any atom is -0.467 e. The van der Waals surface area contributed by atoms with Crippen LogP contribution in [0.3, 0.4) is 0 Å². The molecular weight excluding hydrogens is 293 g/mol. The third-order valence-electron chi connectivity index (χ3n) is 5.79. The van der Waals surface area contributed by atoms with E-state index in [9.17, 15) is 4.39 Å². The minimum absolute atomic E-state index is 0.151. The monoisotopic (exact) mass is 313 g/mol. The Bertz CT molecular complexity index is 819. The molecule has 4 aliphatic rings. The van der Waals surface area contributed by atoms with Gasteiger partial charge in [-0.2, -0.15) is 0 Å². The summed E-state index contributed by atoms with van der Waals surface area (Å²) in [7, 11) is 1.98. The molecule has 6 rings (SSSR count). The van der Waals surface area contributed by atoms with Crippen LogP contribution in [0, 0.1) is 11.7 Å². The van der Waals surface area contributed by atoms with Crippen molar-refractivity contribution in [2.45, 2.75) is 18.4 Å². The molecule has 4 nitrogen and oxygen atoms in total. The molecule has 1 unspecified atom stereocenters. The van der Waals surface area contributed by atoms with Gasteiger partial charge in [0, 0.05) is 36.6 Å². The molecule has 0 saturated carbocycles. The van der Waals surface area contributed by atoms with Crippen LogP contribution in [-0.4, -0.2) is 47.1 Å². The fourth-order valence-corrected chi connectivity index (χ4v) is 4.56. The molecule has 4 aliphatic heterocycles. The molecule has 120 valence electrons. The second-order valence-corrected chi connectivity index (χ2v) is 7.15. The molecule has 5 heterocycles. The lowest BCUT2D eigenvalue weighted by Gasteiger charge is -2.50. The van der Waals surface area contributed by atoms with E-state index in [-0.39, 0.29) is 11.4 Å². The van der Waals surface area contributed by atoms with Crippen molar-refractivity contribution in [3.8, 4) is 0 Å². The lowest BCUT2D eigenvalue weighted by molar-refractivity contribution is -0.0825. The Balaban J connectivity index is 1.53. The molecule has 3 fully saturated rings. The van der Waals surface area contributed by atoms with Crippen LogP contribution >= 0.6 is 0 Å². The highest BCUT2D eigenvalue weighted by Gasteiger charge is 2.51. The Kier molecular flexibility index (Phi) is 2.69. The van der Waals surface area contributed by atoms with Crippen LogP contribution in [0.25, 0.3) is 10.9 Å². The van der Waals surface area contributed by atoms with Gasteiger partial charge >= 0.3 is 0 Å². The van der Waals surface area contributed by atoms with Gasteiger partial charge in [-0.1, -0.05) is 0 Å². The molecule has 2 bridgehead atoms. The van der Waals surface area contributed by atoms with Gasteiger partial charge in [-0.25, -0.2) is 9.38 Å². The maximum atomic E-state index is 13.7. The van der Waals surface area contributed by atoms with Crippen molar-refractivity contribution in [2.75, 3.05) is 26.2 Å². The van der Waals surface area contributed by atoms with Gasteiger partial charge in [0.15, 0.2) is 0 Å². The largest absolute Gasteiger partial charge is 0.467 e. The van der Waals surface area contributed by atoms with E-state index in [1.54, 1.807) is 6.07 Å². The van der Waals surface area contributed by atoms with Gasteiger partial charge in [0.25, 0.3) is 0 Å². The Labute approximate surface area is 134 Å². The van der Waals surface area contributed by atoms with Crippen molar-refractivity contribution >= 4 is 16.8 Å². The number of aryl methyl sites for hydroxylation is 1. The smallest absolute Gasteiger partial charge is 0.219 e. The van der Waals surface area contributed by atoms with Crippen LogP contribution in [0.2, 0.25) is 0 Å². The summed E-state index contributed by atoms with van der Waals surface area (Å²) in [6.45, 7) is 4.08. The molecule has 1 aromatic heterocycles. The van der Waals surface area contributed by atoms with Gasteiger partial charge in [-0.3, -0.25) is 4.90 Å². The van der Waals surface area contributed by atoms with E-state index in [2.05, 4.69) is 4.90 Å². The normalized spacial score (nSPS) is 32.5. The zero-order chi connectivity index (χ0) is 15.6. The Morgan fingerprint density at radius 3 is 2.87 bits per heavy atom. The van der Waals surface area contributed by atoms with Gasteiger partial charge in [-0.15, -0.1) is 0 Å². The third-order valence-corrected chi connectivity index (χ3v) is 5.79. The number of aromatic nitrogens is 1. The lowest BCUT2D eigenvalue weighted by atomic mass is 9.75. The number of hydrogen-bond acceptors (Lipinski definition) is 3. The molecule has 0 N–H and O–H groups in total. The zero-order valence-corrected chi connectivity index (χ0v) is 13.3. The molecule has 23 heavy (non-hydrogen) atoms. The summed E-state index contributed by atoms with van der Waals surface area (Å²) in [4.78, 5) is 7.21. The second kappa shape index (κ2) is 4.57. The molecule has 5 heteroatoms. The van der Waals surface area contributed by atoms with Gasteiger partial charge in [0.1, 0.15) is 11.4 Å².